The lowest BCUT2D eigenvalue weighted by Gasteiger charge is -2.17. The van der Waals surface area contributed by atoms with Gasteiger partial charge in [0.15, 0.2) is 0 Å². The first kappa shape index (κ1) is 12.8. The molecule has 18 heavy (non-hydrogen) atoms. The van der Waals surface area contributed by atoms with Crippen LogP contribution in [0.1, 0.15) is 30.8 Å². The lowest BCUT2D eigenvalue weighted by Crippen LogP contribution is -2.22. The molecule has 0 saturated heterocycles. The second-order valence-corrected chi connectivity index (χ2v) is 4.53. The molecular weight excluding hydrogens is 252 g/mol. The SMILES string of the molecule is CCN(Cc1ccccn1)c1nnc(C(C)Cl)o1. The van der Waals surface area contributed by atoms with E-state index in [-0.39, 0.29) is 5.38 Å². The maximum absolute atomic E-state index is 5.90. The van der Waals surface area contributed by atoms with E-state index in [9.17, 15) is 0 Å². The Balaban J connectivity index is 2.13. The van der Waals surface area contributed by atoms with Gasteiger partial charge in [-0.05, 0) is 26.0 Å². The zero-order chi connectivity index (χ0) is 13.0. The number of aromatic nitrogens is 3. The van der Waals surface area contributed by atoms with E-state index in [1.165, 1.54) is 0 Å². The van der Waals surface area contributed by atoms with Crippen molar-refractivity contribution in [2.45, 2.75) is 25.8 Å². The summed E-state index contributed by atoms with van der Waals surface area (Å²) in [7, 11) is 0. The molecular formula is C12H15ClN4O. The van der Waals surface area contributed by atoms with Crippen LogP contribution < -0.4 is 4.90 Å². The molecule has 0 radical (unpaired) electrons. The topological polar surface area (TPSA) is 55.1 Å². The van der Waals surface area contributed by atoms with Gasteiger partial charge in [0.25, 0.3) is 0 Å². The molecule has 1 atom stereocenters. The Labute approximate surface area is 111 Å². The van der Waals surface area contributed by atoms with Gasteiger partial charge < -0.3 is 9.32 Å². The molecule has 2 rings (SSSR count). The van der Waals surface area contributed by atoms with Crippen LogP contribution >= 0.6 is 11.6 Å². The Morgan fingerprint density at radius 2 is 2.22 bits per heavy atom. The minimum Gasteiger partial charge on any atom is -0.406 e. The summed E-state index contributed by atoms with van der Waals surface area (Å²) in [5.41, 5.74) is 0.957. The Kier molecular flexibility index (Phi) is 4.15. The first-order chi connectivity index (χ1) is 8.70. The molecule has 2 heterocycles. The standard InChI is InChI=1S/C12H15ClN4O/c1-3-17(8-10-6-4-5-7-14-10)12-16-15-11(18-12)9(2)13/h4-7,9H,3,8H2,1-2H3. The summed E-state index contributed by atoms with van der Waals surface area (Å²) in [6.07, 6.45) is 1.77. The van der Waals surface area contributed by atoms with Crippen LogP contribution in [0, 0.1) is 0 Å². The van der Waals surface area contributed by atoms with Gasteiger partial charge in [-0.1, -0.05) is 11.2 Å². The highest BCUT2D eigenvalue weighted by Gasteiger charge is 2.16. The number of rotatable bonds is 5. The van der Waals surface area contributed by atoms with Crippen LogP contribution in [-0.2, 0) is 6.54 Å². The van der Waals surface area contributed by atoms with Gasteiger partial charge in [0.2, 0.25) is 5.89 Å². The largest absolute Gasteiger partial charge is 0.406 e. The number of anilines is 1. The fourth-order valence-electron chi connectivity index (χ4n) is 1.52. The van der Waals surface area contributed by atoms with Crippen molar-refractivity contribution in [2.24, 2.45) is 0 Å². The number of alkyl halides is 1. The fourth-order valence-corrected chi connectivity index (χ4v) is 1.61. The highest BCUT2D eigenvalue weighted by Crippen LogP contribution is 2.22. The average Bonchev–Trinajstić information content (AvgIpc) is 2.87. The van der Waals surface area contributed by atoms with Crippen LogP contribution in [-0.4, -0.2) is 21.7 Å². The van der Waals surface area contributed by atoms with E-state index in [0.29, 0.717) is 18.5 Å². The maximum Gasteiger partial charge on any atom is 0.318 e. The monoisotopic (exact) mass is 266 g/mol. The van der Waals surface area contributed by atoms with Crippen molar-refractivity contribution in [1.29, 1.82) is 0 Å². The Morgan fingerprint density at radius 3 is 2.78 bits per heavy atom. The third kappa shape index (κ3) is 2.98. The van der Waals surface area contributed by atoms with Crippen LogP contribution in [0.3, 0.4) is 0 Å². The summed E-state index contributed by atoms with van der Waals surface area (Å²) >= 11 is 5.90. The highest BCUT2D eigenvalue weighted by atomic mass is 35.5. The molecule has 2 aromatic rings. The lowest BCUT2D eigenvalue weighted by atomic mass is 10.3. The molecule has 6 heteroatoms. The molecule has 0 amide bonds. The van der Waals surface area contributed by atoms with Gasteiger partial charge in [0.05, 0.1) is 12.2 Å². The van der Waals surface area contributed by atoms with Crippen molar-refractivity contribution in [2.75, 3.05) is 11.4 Å². The number of hydrogen-bond acceptors (Lipinski definition) is 5. The normalized spacial score (nSPS) is 12.4. The van der Waals surface area contributed by atoms with Crippen LogP contribution in [0.5, 0.6) is 0 Å². The smallest absolute Gasteiger partial charge is 0.318 e. The molecule has 1 unspecified atom stereocenters. The summed E-state index contributed by atoms with van der Waals surface area (Å²) in [6, 6.07) is 6.28. The summed E-state index contributed by atoms with van der Waals surface area (Å²) in [4.78, 5) is 6.23. The van der Waals surface area contributed by atoms with E-state index in [1.54, 1.807) is 13.1 Å². The zero-order valence-corrected chi connectivity index (χ0v) is 11.1. The molecule has 0 aliphatic heterocycles. The van der Waals surface area contributed by atoms with E-state index in [1.807, 2.05) is 30.0 Å². The maximum atomic E-state index is 5.90. The summed E-state index contributed by atoms with van der Waals surface area (Å²) in [6.45, 7) is 5.22. The number of pyridine rings is 1. The summed E-state index contributed by atoms with van der Waals surface area (Å²) in [5.74, 6) is 0.436. The van der Waals surface area contributed by atoms with E-state index in [0.717, 1.165) is 12.2 Å². The molecule has 2 aromatic heterocycles. The first-order valence-corrected chi connectivity index (χ1v) is 6.26. The molecule has 5 nitrogen and oxygen atoms in total. The Hall–Kier alpha value is -1.62. The van der Waals surface area contributed by atoms with Crippen molar-refractivity contribution < 1.29 is 4.42 Å². The molecule has 0 spiro atoms. The molecule has 0 fully saturated rings. The molecule has 0 bridgehead atoms. The van der Waals surface area contributed by atoms with Crippen molar-refractivity contribution >= 4 is 17.6 Å². The molecule has 96 valence electrons. The van der Waals surface area contributed by atoms with Crippen LogP contribution in [0.15, 0.2) is 28.8 Å². The highest BCUT2D eigenvalue weighted by molar-refractivity contribution is 6.20. The number of nitrogens with zero attached hydrogens (tertiary/aromatic N) is 4. The zero-order valence-electron chi connectivity index (χ0n) is 10.4. The average molecular weight is 267 g/mol. The van der Waals surface area contributed by atoms with Gasteiger partial charge in [-0.25, -0.2) is 0 Å². The van der Waals surface area contributed by atoms with Gasteiger partial charge in [-0.2, -0.15) is 0 Å². The number of hydrogen-bond donors (Lipinski definition) is 0. The fraction of sp³-hybridized carbons (Fsp3) is 0.417. The van der Waals surface area contributed by atoms with Crippen molar-refractivity contribution in [3.05, 3.63) is 36.0 Å². The van der Waals surface area contributed by atoms with E-state index >= 15 is 0 Å². The minimum atomic E-state index is -0.278. The summed E-state index contributed by atoms with van der Waals surface area (Å²) < 4.78 is 5.51. The Bertz CT molecular complexity index is 486. The van der Waals surface area contributed by atoms with Gasteiger partial charge in [-0.3, -0.25) is 4.98 Å². The van der Waals surface area contributed by atoms with Gasteiger partial charge in [-0.15, -0.1) is 16.7 Å². The lowest BCUT2D eigenvalue weighted by molar-refractivity contribution is 0.483. The molecule has 0 saturated carbocycles. The predicted octanol–water partition coefficient (Wildman–Crippen LogP) is 2.79. The van der Waals surface area contributed by atoms with Crippen LogP contribution in [0.4, 0.5) is 6.01 Å². The molecule has 0 aliphatic carbocycles. The quantitative estimate of drug-likeness (QED) is 0.779. The molecule has 0 aliphatic rings. The number of halogens is 1. The van der Waals surface area contributed by atoms with Crippen molar-refractivity contribution in [3.8, 4) is 0 Å². The van der Waals surface area contributed by atoms with Crippen molar-refractivity contribution in [3.63, 3.8) is 0 Å². The van der Waals surface area contributed by atoms with E-state index in [4.69, 9.17) is 16.0 Å². The molecule has 0 aromatic carbocycles. The predicted molar refractivity (Wildman–Crippen MR) is 69.5 cm³/mol. The second kappa shape index (κ2) is 5.82. The van der Waals surface area contributed by atoms with Crippen LogP contribution in [0.2, 0.25) is 0 Å². The minimum absolute atomic E-state index is 0.278. The molecule has 0 N–H and O–H groups in total. The van der Waals surface area contributed by atoms with Gasteiger partial charge in [0.1, 0.15) is 5.38 Å². The third-order valence-corrected chi connectivity index (χ3v) is 2.69. The van der Waals surface area contributed by atoms with Gasteiger partial charge >= 0.3 is 6.01 Å². The Morgan fingerprint density at radius 1 is 1.39 bits per heavy atom. The van der Waals surface area contributed by atoms with Crippen molar-refractivity contribution in [1.82, 2.24) is 15.2 Å². The van der Waals surface area contributed by atoms with E-state index < -0.39 is 0 Å². The second-order valence-electron chi connectivity index (χ2n) is 3.87. The summed E-state index contributed by atoms with van der Waals surface area (Å²) in [5, 5.41) is 7.64. The third-order valence-electron chi connectivity index (χ3n) is 2.50. The first-order valence-electron chi connectivity index (χ1n) is 5.83. The van der Waals surface area contributed by atoms with E-state index in [2.05, 4.69) is 15.2 Å². The van der Waals surface area contributed by atoms with Crippen LogP contribution in [0.25, 0.3) is 0 Å². The van der Waals surface area contributed by atoms with Gasteiger partial charge in [0, 0.05) is 12.7 Å².